The van der Waals surface area contributed by atoms with Gasteiger partial charge in [0.15, 0.2) is 0 Å². The Hall–Kier alpha value is -0.570. The van der Waals surface area contributed by atoms with E-state index in [1.165, 1.54) is 19.3 Å². The van der Waals surface area contributed by atoms with E-state index in [1.807, 2.05) is 6.92 Å². The van der Waals surface area contributed by atoms with Crippen LogP contribution in [0.3, 0.4) is 0 Å². The number of nitrogens with zero attached hydrogens (tertiary/aromatic N) is 1. The fourth-order valence-electron chi connectivity index (χ4n) is 4.47. The lowest BCUT2D eigenvalue weighted by atomic mass is 9.65. The number of likely N-dealkylation sites (tertiary alicyclic amines) is 1. The summed E-state index contributed by atoms with van der Waals surface area (Å²) < 4.78 is 0. The van der Waals surface area contributed by atoms with E-state index in [0.29, 0.717) is 29.2 Å². The summed E-state index contributed by atoms with van der Waals surface area (Å²) in [6.07, 6.45) is 6.18. The smallest absolute Gasteiger partial charge is 0.222 e. The number of fused-ring (bicyclic) bond motifs is 2. The number of amides is 1. The second-order valence-corrected chi connectivity index (χ2v) is 8.10. The van der Waals surface area contributed by atoms with Gasteiger partial charge in [-0.15, -0.1) is 0 Å². The first-order valence-electron chi connectivity index (χ1n) is 7.76. The number of rotatable bonds is 4. The van der Waals surface area contributed by atoms with Gasteiger partial charge in [-0.2, -0.15) is 0 Å². The highest BCUT2D eigenvalue weighted by atomic mass is 16.2. The first-order valence-corrected chi connectivity index (χ1v) is 7.76. The molecule has 3 unspecified atom stereocenters. The lowest BCUT2D eigenvalue weighted by molar-refractivity contribution is -0.132. The third-order valence-corrected chi connectivity index (χ3v) is 4.79. The van der Waals surface area contributed by atoms with E-state index in [1.54, 1.807) is 0 Å². The Kier molecular flexibility index (Phi) is 3.97. The molecule has 3 atom stereocenters. The first-order chi connectivity index (χ1) is 8.71. The molecule has 0 aromatic heterocycles. The van der Waals surface area contributed by atoms with Crippen LogP contribution in [0.4, 0.5) is 0 Å². The molecule has 1 aliphatic carbocycles. The minimum Gasteiger partial charge on any atom is -0.339 e. The Morgan fingerprint density at radius 3 is 2.68 bits per heavy atom. The van der Waals surface area contributed by atoms with Crippen LogP contribution in [0, 0.1) is 10.8 Å². The van der Waals surface area contributed by atoms with E-state index >= 15 is 0 Å². The molecule has 3 heteroatoms. The molecule has 0 spiro atoms. The topological polar surface area (TPSA) is 46.3 Å². The van der Waals surface area contributed by atoms with E-state index < -0.39 is 0 Å². The van der Waals surface area contributed by atoms with Crippen molar-refractivity contribution in [2.24, 2.45) is 16.6 Å². The first kappa shape index (κ1) is 14.8. The minimum absolute atomic E-state index is 0.210. The normalized spacial score (nSPS) is 34.4. The molecule has 0 radical (unpaired) electrons. The zero-order valence-electron chi connectivity index (χ0n) is 13.0. The Morgan fingerprint density at radius 1 is 1.37 bits per heavy atom. The largest absolute Gasteiger partial charge is 0.339 e. The Labute approximate surface area is 117 Å². The van der Waals surface area contributed by atoms with Gasteiger partial charge in [0, 0.05) is 25.0 Å². The zero-order valence-corrected chi connectivity index (χ0v) is 13.0. The fourth-order valence-corrected chi connectivity index (χ4v) is 4.47. The van der Waals surface area contributed by atoms with E-state index in [9.17, 15) is 4.79 Å². The molecule has 1 amide bonds. The Bertz CT molecular complexity index is 351. The molecular formula is C16H30N2O. The van der Waals surface area contributed by atoms with Gasteiger partial charge in [0.2, 0.25) is 5.91 Å². The predicted molar refractivity (Wildman–Crippen MR) is 78.7 cm³/mol. The second-order valence-electron chi connectivity index (χ2n) is 8.10. The molecule has 2 bridgehead atoms. The lowest BCUT2D eigenvalue weighted by Crippen LogP contribution is -2.37. The van der Waals surface area contributed by atoms with Crippen molar-refractivity contribution in [3.05, 3.63) is 0 Å². The van der Waals surface area contributed by atoms with Gasteiger partial charge < -0.3 is 10.6 Å². The summed E-state index contributed by atoms with van der Waals surface area (Å²) in [5.74, 6) is 0.354. The van der Waals surface area contributed by atoms with E-state index in [2.05, 4.69) is 25.7 Å². The van der Waals surface area contributed by atoms with Crippen molar-refractivity contribution in [2.45, 2.75) is 78.3 Å². The number of carbonyl (C=O) groups excluding carboxylic acids is 1. The highest BCUT2D eigenvalue weighted by Crippen LogP contribution is 2.52. The summed E-state index contributed by atoms with van der Waals surface area (Å²) in [4.78, 5) is 14.6. The van der Waals surface area contributed by atoms with Crippen molar-refractivity contribution in [1.82, 2.24) is 4.90 Å². The van der Waals surface area contributed by atoms with Crippen molar-refractivity contribution in [2.75, 3.05) is 6.54 Å². The Morgan fingerprint density at radius 2 is 2.05 bits per heavy atom. The molecule has 2 fully saturated rings. The molecule has 1 saturated heterocycles. The minimum atomic E-state index is 0.210. The molecule has 1 aliphatic heterocycles. The Balaban J connectivity index is 1.93. The quantitative estimate of drug-likeness (QED) is 0.850. The lowest BCUT2D eigenvalue weighted by Gasteiger charge is -2.39. The summed E-state index contributed by atoms with van der Waals surface area (Å²) in [5.41, 5.74) is 6.49. The second kappa shape index (κ2) is 5.08. The zero-order chi connectivity index (χ0) is 14.3. The van der Waals surface area contributed by atoms with Gasteiger partial charge in [-0.3, -0.25) is 4.79 Å². The summed E-state index contributed by atoms with van der Waals surface area (Å²) in [6.45, 7) is 10.0. The van der Waals surface area contributed by atoms with Gasteiger partial charge in [-0.05, 0) is 49.9 Å². The van der Waals surface area contributed by atoms with Crippen LogP contribution in [-0.2, 0) is 4.79 Å². The SMILES string of the molecule is CC(N)CCCC(=O)N1CC2(C)CC1CC(C)(C)C2. The van der Waals surface area contributed by atoms with Crippen LogP contribution in [-0.4, -0.2) is 29.4 Å². The van der Waals surface area contributed by atoms with E-state index in [0.717, 1.165) is 19.4 Å². The van der Waals surface area contributed by atoms with Crippen molar-refractivity contribution < 1.29 is 4.79 Å². The average molecular weight is 266 g/mol. The number of carbonyl (C=O) groups is 1. The van der Waals surface area contributed by atoms with E-state index in [-0.39, 0.29) is 6.04 Å². The molecule has 0 aromatic carbocycles. The molecule has 3 nitrogen and oxygen atoms in total. The summed E-state index contributed by atoms with van der Waals surface area (Å²) >= 11 is 0. The molecular weight excluding hydrogens is 236 g/mol. The van der Waals surface area contributed by atoms with Crippen LogP contribution in [0.15, 0.2) is 0 Å². The average Bonchev–Trinajstić information content (AvgIpc) is 2.47. The number of hydrogen-bond acceptors (Lipinski definition) is 2. The maximum absolute atomic E-state index is 12.4. The van der Waals surface area contributed by atoms with Crippen LogP contribution in [0.1, 0.15) is 66.2 Å². The summed E-state index contributed by atoms with van der Waals surface area (Å²) in [6, 6.07) is 0.693. The van der Waals surface area contributed by atoms with Crippen molar-refractivity contribution in [1.29, 1.82) is 0 Å². The van der Waals surface area contributed by atoms with Gasteiger partial charge in [0.1, 0.15) is 0 Å². The molecule has 19 heavy (non-hydrogen) atoms. The predicted octanol–water partition coefficient (Wildman–Crippen LogP) is 2.93. The van der Waals surface area contributed by atoms with Crippen LogP contribution in [0.2, 0.25) is 0 Å². The van der Waals surface area contributed by atoms with E-state index in [4.69, 9.17) is 5.73 Å². The van der Waals surface area contributed by atoms with Crippen molar-refractivity contribution >= 4 is 5.91 Å². The summed E-state index contributed by atoms with van der Waals surface area (Å²) in [7, 11) is 0. The summed E-state index contributed by atoms with van der Waals surface area (Å²) in [5, 5.41) is 0. The molecule has 0 aromatic rings. The third kappa shape index (κ3) is 3.50. The van der Waals surface area contributed by atoms with Gasteiger partial charge in [0.25, 0.3) is 0 Å². The third-order valence-electron chi connectivity index (χ3n) is 4.79. The molecule has 2 aliphatic rings. The standard InChI is InChI=1S/C16H30N2O/c1-12(17)6-5-7-14(19)18-11-16(4)9-13(18)8-15(2,3)10-16/h12-13H,5-11,17H2,1-4H3. The van der Waals surface area contributed by atoms with Crippen LogP contribution < -0.4 is 5.73 Å². The monoisotopic (exact) mass is 266 g/mol. The molecule has 110 valence electrons. The highest BCUT2D eigenvalue weighted by Gasteiger charge is 2.50. The number of hydrogen-bond donors (Lipinski definition) is 1. The fraction of sp³-hybridized carbons (Fsp3) is 0.938. The highest BCUT2D eigenvalue weighted by molar-refractivity contribution is 5.77. The van der Waals surface area contributed by atoms with Crippen molar-refractivity contribution in [3.8, 4) is 0 Å². The molecule has 2 rings (SSSR count). The van der Waals surface area contributed by atoms with Gasteiger partial charge in [0.05, 0.1) is 0 Å². The van der Waals surface area contributed by atoms with Crippen molar-refractivity contribution in [3.63, 3.8) is 0 Å². The maximum Gasteiger partial charge on any atom is 0.222 e. The molecule has 1 heterocycles. The van der Waals surface area contributed by atoms with Crippen LogP contribution in [0.25, 0.3) is 0 Å². The van der Waals surface area contributed by atoms with Crippen LogP contribution in [0.5, 0.6) is 0 Å². The van der Waals surface area contributed by atoms with Gasteiger partial charge >= 0.3 is 0 Å². The van der Waals surface area contributed by atoms with Gasteiger partial charge in [-0.1, -0.05) is 20.8 Å². The number of nitrogens with two attached hydrogens (primary N) is 1. The maximum atomic E-state index is 12.4. The molecule has 2 N–H and O–H groups in total. The van der Waals surface area contributed by atoms with Gasteiger partial charge in [-0.25, -0.2) is 0 Å². The van der Waals surface area contributed by atoms with Crippen LogP contribution >= 0.6 is 0 Å². The molecule has 1 saturated carbocycles.